The average molecular weight is 111 g/mol. The Balaban J connectivity index is 1.94. The molecule has 1 nitrogen and oxygen atoms in total. The van der Waals surface area contributed by atoms with Crippen LogP contribution >= 0.6 is 0 Å². The van der Waals surface area contributed by atoms with Crippen LogP contribution in [0.2, 0.25) is 0 Å². The zero-order valence-electron chi connectivity index (χ0n) is 5.59. The predicted molar refractivity (Wildman–Crippen MR) is 33.7 cm³/mol. The van der Waals surface area contributed by atoms with Crippen LogP contribution in [0.15, 0.2) is 0 Å². The number of likely N-dealkylation sites (tertiary alicyclic amines) is 1. The van der Waals surface area contributed by atoms with Crippen molar-refractivity contribution < 1.29 is 0 Å². The Hall–Kier alpha value is -0.0400. The van der Waals surface area contributed by atoms with Crippen LogP contribution in [-0.4, -0.2) is 24.5 Å². The third-order valence-corrected chi connectivity index (χ3v) is 2.77. The van der Waals surface area contributed by atoms with Gasteiger partial charge in [0.25, 0.3) is 0 Å². The maximum Gasteiger partial charge on any atom is 0.0168 e. The molecule has 0 spiro atoms. The van der Waals surface area contributed by atoms with Crippen molar-refractivity contribution >= 4 is 0 Å². The molecule has 1 aliphatic heterocycles. The minimum absolute atomic E-state index is 1.01. The van der Waals surface area contributed by atoms with Crippen LogP contribution in [0, 0.1) is 11.8 Å². The van der Waals surface area contributed by atoms with Crippen LogP contribution < -0.4 is 0 Å². The van der Waals surface area contributed by atoms with Crippen molar-refractivity contribution in [3.63, 3.8) is 0 Å². The minimum Gasteiger partial charge on any atom is -0.302 e. The van der Waals surface area contributed by atoms with Crippen LogP contribution in [0.5, 0.6) is 0 Å². The Morgan fingerprint density at radius 3 is 2.50 bits per heavy atom. The summed E-state index contributed by atoms with van der Waals surface area (Å²) in [6.45, 7) is 3.68. The van der Waals surface area contributed by atoms with Gasteiger partial charge in [-0.1, -0.05) is 13.3 Å². The zero-order valence-corrected chi connectivity index (χ0v) is 5.59. The summed E-state index contributed by atoms with van der Waals surface area (Å²) in [5.74, 6) is 2.20. The van der Waals surface area contributed by atoms with Crippen molar-refractivity contribution in [2.75, 3.05) is 13.6 Å². The van der Waals surface area contributed by atoms with Crippen molar-refractivity contribution in [3.05, 3.63) is 0 Å². The molecule has 0 aromatic heterocycles. The SMILES string of the molecule is CCC1C2CN(C)C12. The van der Waals surface area contributed by atoms with Gasteiger partial charge in [0.1, 0.15) is 0 Å². The Bertz CT molecular complexity index is 107. The highest BCUT2D eigenvalue weighted by atomic mass is 15.3. The Kier molecular flexibility index (Phi) is 0.762. The lowest BCUT2D eigenvalue weighted by Crippen LogP contribution is -2.35. The van der Waals surface area contributed by atoms with E-state index in [1.54, 1.807) is 0 Å². The summed E-state index contributed by atoms with van der Waals surface area (Å²) in [5, 5.41) is 0. The molecule has 2 aliphatic rings. The topological polar surface area (TPSA) is 3.24 Å². The molecule has 0 bridgehead atoms. The van der Waals surface area contributed by atoms with Crippen LogP contribution in [0.25, 0.3) is 0 Å². The molecule has 1 heterocycles. The first kappa shape index (κ1) is 4.80. The van der Waals surface area contributed by atoms with E-state index in [2.05, 4.69) is 18.9 Å². The van der Waals surface area contributed by atoms with Gasteiger partial charge in [-0.3, -0.25) is 0 Å². The molecule has 0 N–H and O–H groups in total. The Labute approximate surface area is 50.7 Å². The lowest BCUT2D eigenvalue weighted by molar-refractivity contribution is 0.214. The first-order chi connectivity index (χ1) is 3.84. The molecule has 3 unspecified atom stereocenters. The number of hydrogen-bond acceptors (Lipinski definition) is 1. The maximum absolute atomic E-state index is 2.47. The molecule has 3 atom stereocenters. The van der Waals surface area contributed by atoms with Crippen molar-refractivity contribution in [2.45, 2.75) is 19.4 Å². The first-order valence-corrected chi connectivity index (χ1v) is 3.55. The summed E-state index contributed by atoms with van der Waals surface area (Å²) in [6.07, 6.45) is 1.40. The van der Waals surface area contributed by atoms with E-state index in [0.717, 1.165) is 17.9 Å². The molecule has 0 aromatic rings. The second-order valence-corrected chi connectivity index (χ2v) is 3.17. The predicted octanol–water partition coefficient (Wildman–Crippen LogP) is 0.956. The molecule has 1 aliphatic carbocycles. The molecule has 0 amide bonds. The largest absolute Gasteiger partial charge is 0.302 e. The highest BCUT2D eigenvalue weighted by Crippen LogP contribution is 2.52. The third-order valence-electron chi connectivity index (χ3n) is 2.77. The van der Waals surface area contributed by atoms with Crippen molar-refractivity contribution in [3.8, 4) is 0 Å². The van der Waals surface area contributed by atoms with Crippen LogP contribution in [-0.2, 0) is 0 Å². The number of rotatable bonds is 1. The lowest BCUT2D eigenvalue weighted by atomic mass is 10.2. The van der Waals surface area contributed by atoms with Crippen molar-refractivity contribution in [2.24, 2.45) is 11.8 Å². The molecule has 0 aromatic carbocycles. The van der Waals surface area contributed by atoms with Crippen LogP contribution in [0.4, 0.5) is 0 Å². The van der Waals surface area contributed by atoms with Gasteiger partial charge in [0.05, 0.1) is 0 Å². The van der Waals surface area contributed by atoms with E-state index in [4.69, 9.17) is 0 Å². The van der Waals surface area contributed by atoms with Gasteiger partial charge in [0, 0.05) is 12.6 Å². The van der Waals surface area contributed by atoms with Gasteiger partial charge in [-0.2, -0.15) is 0 Å². The summed E-state index contributed by atoms with van der Waals surface area (Å²) in [4.78, 5) is 2.47. The molecule has 0 radical (unpaired) electrons. The molecule has 2 fully saturated rings. The minimum atomic E-state index is 1.01. The van der Waals surface area contributed by atoms with Gasteiger partial charge in [-0.25, -0.2) is 0 Å². The van der Waals surface area contributed by atoms with Crippen molar-refractivity contribution in [1.82, 2.24) is 4.90 Å². The summed E-state index contributed by atoms with van der Waals surface area (Å²) >= 11 is 0. The van der Waals surface area contributed by atoms with E-state index < -0.39 is 0 Å². The zero-order chi connectivity index (χ0) is 5.72. The fraction of sp³-hybridized carbons (Fsp3) is 1.00. The third kappa shape index (κ3) is 0.368. The summed E-state index contributed by atoms with van der Waals surface area (Å²) in [6, 6.07) is 1.01. The van der Waals surface area contributed by atoms with Crippen LogP contribution in [0.3, 0.4) is 0 Å². The summed E-state index contributed by atoms with van der Waals surface area (Å²) in [7, 11) is 2.23. The molecule has 46 valence electrons. The van der Waals surface area contributed by atoms with E-state index in [1.807, 2.05) is 0 Å². The fourth-order valence-electron chi connectivity index (χ4n) is 2.18. The number of nitrogens with zero attached hydrogens (tertiary/aromatic N) is 1. The molecule has 1 saturated carbocycles. The molecular weight excluding hydrogens is 98.1 g/mol. The monoisotopic (exact) mass is 111 g/mol. The Morgan fingerprint density at radius 1 is 1.62 bits per heavy atom. The molecule has 1 saturated heterocycles. The molecular formula is C7H13N. The molecule has 2 rings (SSSR count). The standard InChI is InChI=1S/C7H13N/c1-3-5-6-4-8(2)7(5)6/h5-7H,3-4H2,1-2H3. The normalized spacial score (nSPS) is 52.5. The van der Waals surface area contributed by atoms with Gasteiger partial charge in [0.15, 0.2) is 0 Å². The van der Waals surface area contributed by atoms with E-state index in [9.17, 15) is 0 Å². The van der Waals surface area contributed by atoms with Gasteiger partial charge in [0.2, 0.25) is 0 Å². The van der Waals surface area contributed by atoms with Gasteiger partial charge >= 0.3 is 0 Å². The maximum atomic E-state index is 2.47. The van der Waals surface area contributed by atoms with E-state index in [-0.39, 0.29) is 0 Å². The smallest absolute Gasteiger partial charge is 0.0168 e. The molecule has 8 heavy (non-hydrogen) atoms. The highest BCUT2D eigenvalue weighted by Gasteiger charge is 2.58. The molecule has 1 heteroatoms. The highest BCUT2D eigenvalue weighted by molar-refractivity contribution is 5.12. The number of hydrogen-bond donors (Lipinski definition) is 0. The van der Waals surface area contributed by atoms with E-state index >= 15 is 0 Å². The quantitative estimate of drug-likeness (QED) is 0.487. The van der Waals surface area contributed by atoms with E-state index in [1.165, 1.54) is 13.0 Å². The second kappa shape index (κ2) is 1.27. The first-order valence-electron chi connectivity index (χ1n) is 3.55. The lowest BCUT2D eigenvalue weighted by Gasteiger charge is -2.24. The summed E-state index contributed by atoms with van der Waals surface area (Å²) < 4.78 is 0. The van der Waals surface area contributed by atoms with Gasteiger partial charge in [-0.15, -0.1) is 0 Å². The summed E-state index contributed by atoms with van der Waals surface area (Å²) in [5.41, 5.74) is 0. The average Bonchev–Trinajstić information content (AvgIpc) is 2.34. The van der Waals surface area contributed by atoms with Crippen molar-refractivity contribution in [1.29, 1.82) is 0 Å². The van der Waals surface area contributed by atoms with Gasteiger partial charge < -0.3 is 4.90 Å². The number of fused-ring (bicyclic) bond motifs is 1. The van der Waals surface area contributed by atoms with E-state index in [0.29, 0.717) is 0 Å². The Morgan fingerprint density at radius 2 is 2.38 bits per heavy atom. The fourth-order valence-corrected chi connectivity index (χ4v) is 2.18. The van der Waals surface area contributed by atoms with Gasteiger partial charge in [-0.05, 0) is 18.9 Å². The second-order valence-electron chi connectivity index (χ2n) is 3.17. The van der Waals surface area contributed by atoms with Crippen LogP contribution in [0.1, 0.15) is 13.3 Å².